The van der Waals surface area contributed by atoms with Crippen LogP contribution in [0.4, 0.5) is 0 Å². The van der Waals surface area contributed by atoms with Crippen LogP contribution in [-0.4, -0.2) is 48.0 Å². The fraction of sp³-hybridized carbons (Fsp3) is 0.733. The molecule has 8 heteroatoms. The van der Waals surface area contributed by atoms with Crippen molar-refractivity contribution in [2.45, 2.75) is 38.8 Å². The van der Waals surface area contributed by atoms with E-state index in [0.29, 0.717) is 6.04 Å². The van der Waals surface area contributed by atoms with E-state index in [9.17, 15) is 4.79 Å². The average Bonchev–Trinajstić information content (AvgIpc) is 3.12. The third-order valence-electron chi connectivity index (χ3n) is 4.42. The van der Waals surface area contributed by atoms with Crippen molar-refractivity contribution >= 4 is 42.1 Å². The van der Waals surface area contributed by atoms with Crippen molar-refractivity contribution in [3.63, 3.8) is 0 Å². The first-order valence-electron chi connectivity index (χ1n) is 7.85. The molecule has 0 aliphatic carbocycles. The summed E-state index contributed by atoms with van der Waals surface area (Å²) >= 11 is 1.71. The number of thiazole rings is 1. The Hall–Kier alpha value is -0.400. The zero-order chi connectivity index (χ0) is 14.7. The highest BCUT2D eigenvalue weighted by atomic mass is 35.5. The quantitative estimate of drug-likeness (QED) is 0.838. The molecule has 2 fully saturated rings. The van der Waals surface area contributed by atoms with Crippen LogP contribution in [0, 0.1) is 12.8 Å². The highest BCUT2D eigenvalue weighted by molar-refractivity contribution is 7.09. The van der Waals surface area contributed by atoms with Gasteiger partial charge in [0, 0.05) is 30.4 Å². The molecule has 1 aromatic rings. The zero-order valence-electron chi connectivity index (χ0n) is 13.4. The molecule has 1 aromatic heterocycles. The molecule has 0 radical (unpaired) electrons. The number of hydrogen-bond acceptors (Lipinski definition) is 5. The lowest BCUT2D eigenvalue weighted by Crippen LogP contribution is -2.44. The van der Waals surface area contributed by atoms with Gasteiger partial charge in [0.15, 0.2) is 0 Å². The van der Waals surface area contributed by atoms with Gasteiger partial charge < -0.3 is 10.6 Å². The minimum absolute atomic E-state index is 0. The van der Waals surface area contributed by atoms with Gasteiger partial charge in [0.05, 0.1) is 10.7 Å². The van der Waals surface area contributed by atoms with E-state index in [1.165, 1.54) is 0 Å². The summed E-state index contributed by atoms with van der Waals surface area (Å²) in [6.07, 6.45) is 3.00. The largest absolute Gasteiger partial charge is 0.352 e. The number of nitrogens with zero attached hydrogens (tertiary/aromatic N) is 2. The number of aryl methyl sites for hydroxylation is 1. The second-order valence-corrected chi connectivity index (χ2v) is 7.17. The van der Waals surface area contributed by atoms with E-state index in [0.717, 1.165) is 62.7 Å². The summed E-state index contributed by atoms with van der Waals surface area (Å²) in [5.74, 6) is 0.451. The standard InChI is InChI=1S/C15H24N4OS.2ClH/c1-11-17-14(10-21-11)9-19-6-3-12(4-7-19)15(20)18-13-2-5-16-8-13;;/h10,12-13,16H,2-9H2,1H3,(H,18,20);2*1H. The molecule has 0 bridgehead atoms. The monoisotopic (exact) mass is 380 g/mol. The van der Waals surface area contributed by atoms with Crippen molar-refractivity contribution in [2.75, 3.05) is 26.2 Å². The minimum atomic E-state index is 0. The molecule has 1 atom stereocenters. The smallest absolute Gasteiger partial charge is 0.223 e. The number of piperidine rings is 1. The van der Waals surface area contributed by atoms with Crippen molar-refractivity contribution in [3.8, 4) is 0 Å². The van der Waals surface area contributed by atoms with Crippen LogP contribution in [0.15, 0.2) is 5.38 Å². The van der Waals surface area contributed by atoms with E-state index < -0.39 is 0 Å². The van der Waals surface area contributed by atoms with Gasteiger partial charge in [-0.05, 0) is 45.8 Å². The van der Waals surface area contributed by atoms with Gasteiger partial charge in [0.1, 0.15) is 0 Å². The number of nitrogens with one attached hydrogen (secondary N) is 2. The summed E-state index contributed by atoms with van der Waals surface area (Å²) in [7, 11) is 0. The van der Waals surface area contributed by atoms with Crippen molar-refractivity contribution in [1.82, 2.24) is 20.5 Å². The van der Waals surface area contributed by atoms with Crippen LogP contribution in [0.5, 0.6) is 0 Å². The van der Waals surface area contributed by atoms with Crippen molar-refractivity contribution in [1.29, 1.82) is 0 Å². The normalized spacial score (nSPS) is 22.2. The van der Waals surface area contributed by atoms with E-state index in [1.807, 2.05) is 6.92 Å². The molecule has 5 nitrogen and oxygen atoms in total. The molecule has 1 amide bonds. The molecule has 0 saturated carbocycles. The third kappa shape index (κ3) is 5.87. The van der Waals surface area contributed by atoms with Gasteiger partial charge in [-0.1, -0.05) is 0 Å². The number of likely N-dealkylation sites (tertiary alicyclic amines) is 1. The number of aromatic nitrogens is 1. The van der Waals surface area contributed by atoms with Gasteiger partial charge in [-0.15, -0.1) is 36.2 Å². The molecule has 3 heterocycles. The highest BCUT2D eigenvalue weighted by Crippen LogP contribution is 2.20. The van der Waals surface area contributed by atoms with E-state index in [2.05, 4.69) is 25.9 Å². The molecule has 132 valence electrons. The first-order chi connectivity index (χ1) is 10.2. The molecular weight excluding hydrogens is 355 g/mol. The lowest BCUT2D eigenvalue weighted by atomic mass is 9.95. The first kappa shape index (κ1) is 20.6. The van der Waals surface area contributed by atoms with Crippen LogP contribution in [0.25, 0.3) is 0 Å². The molecule has 2 N–H and O–H groups in total. The third-order valence-corrected chi connectivity index (χ3v) is 5.24. The van der Waals surface area contributed by atoms with Crippen molar-refractivity contribution in [3.05, 3.63) is 16.1 Å². The number of halogens is 2. The Kier molecular flexibility index (Phi) is 8.79. The number of carbonyl (C=O) groups excluding carboxylic acids is 1. The van der Waals surface area contributed by atoms with Gasteiger partial charge in [-0.3, -0.25) is 9.69 Å². The summed E-state index contributed by atoms with van der Waals surface area (Å²) in [5.41, 5.74) is 1.16. The predicted molar refractivity (Wildman–Crippen MR) is 98.8 cm³/mol. The lowest BCUT2D eigenvalue weighted by Gasteiger charge is -2.31. The summed E-state index contributed by atoms with van der Waals surface area (Å²) in [6.45, 7) is 6.91. The fourth-order valence-electron chi connectivity index (χ4n) is 3.16. The number of hydrogen-bond donors (Lipinski definition) is 2. The first-order valence-corrected chi connectivity index (χ1v) is 8.73. The number of carbonyl (C=O) groups is 1. The van der Waals surface area contributed by atoms with Crippen molar-refractivity contribution < 1.29 is 4.79 Å². The van der Waals surface area contributed by atoms with Gasteiger partial charge in [-0.2, -0.15) is 0 Å². The summed E-state index contributed by atoms with van der Waals surface area (Å²) in [6, 6.07) is 0.341. The van der Waals surface area contributed by atoms with E-state index >= 15 is 0 Å². The second kappa shape index (κ2) is 9.79. The summed E-state index contributed by atoms with van der Waals surface area (Å²) in [4.78, 5) is 19.2. The average molecular weight is 381 g/mol. The maximum atomic E-state index is 12.3. The van der Waals surface area contributed by atoms with E-state index in [-0.39, 0.29) is 36.6 Å². The highest BCUT2D eigenvalue weighted by Gasteiger charge is 2.27. The fourth-order valence-corrected chi connectivity index (χ4v) is 3.76. The molecule has 0 aromatic carbocycles. The Labute approximate surface area is 154 Å². The van der Waals surface area contributed by atoms with Gasteiger partial charge in [0.25, 0.3) is 0 Å². The summed E-state index contributed by atoms with van der Waals surface area (Å²) < 4.78 is 0. The summed E-state index contributed by atoms with van der Waals surface area (Å²) in [5, 5.41) is 9.74. The molecule has 2 saturated heterocycles. The van der Waals surface area contributed by atoms with Crippen molar-refractivity contribution in [2.24, 2.45) is 5.92 Å². The lowest BCUT2D eigenvalue weighted by molar-refractivity contribution is -0.127. The maximum absolute atomic E-state index is 12.3. The molecule has 2 aliphatic rings. The van der Waals surface area contributed by atoms with Crippen LogP contribution >= 0.6 is 36.2 Å². The topological polar surface area (TPSA) is 57.3 Å². The van der Waals surface area contributed by atoms with Crippen LogP contribution in [0.1, 0.15) is 30.0 Å². The van der Waals surface area contributed by atoms with Crippen LogP contribution < -0.4 is 10.6 Å². The van der Waals surface area contributed by atoms with Crippen LogP contribution in [0.3, 0.4) is 0 Å². The Bertz CT molecular complexity index is 486. The van der Waals surface area contributed by atoms with Gasteiger partial charge >= 0.3 is 0 Å². The molecule has 23 heavy (non-hydrogen) atoms. The van der Waals surface area contributed by atoms with Crippen LogP contribution in [0.2, 0.25) is 0 Å². The second-order valence-electron chi connectivity index (χ2n) is 6.11. The van der Waals surface area contributed by atoms with E-state index in [4.69, 9.17) is 0 Å². The minimum Gasteiger partial charge on any atom is -0.352 e. The zero-order valence-corrected chi connectivity index (χ0v) is 15.9. The Morgan fingerprint density at radius 3 is 2.70 bits per heavy atom. The number of amides is 1. The Morgan fingerprint density at radius 2 is 2.13 bits per heavy atom. The molecule has 2 aliphatic heterocycles. The SMILES string of the molecule is Cc1nc(CN2CCC(C(=O)NC3CCNC3)CC2)cs1.Cl.Cl. The molecule has 1 unspecified atom stereocenters. The number of rotatable bonds is 4. The van der Waals surface area contributed by atoms with Gasteiger partial charge in [-0.25, -0.2) is 4.98 Å². The molecule has 0 spiro atoms. The Morgan fingerprint density at radius 1 is 1.39 bits per heavy atom. The van der Waals surface area contributed by atoms with Gasteiger partial charge in [0.2, 0.25) is 5.91 Å². The Balaban J connectivity index is 0.00000132. The van der Waals surface area contributed by atoms with E-state index in [1.54, 1.807) is 11.3 Å². The maximum Gasteiger partial charge on any atom is 0.223 e. The predicted octanol–water partition coefficient (Wildman–Crippen LogP) is 1.99. The molecule has 3 rings (SSSR count). The molecular formula is C15H26Cl2N4OS. The van der Waals surface area contributed by atoms with Crippen LogP contribution in [-0.2, 0) is 11.3 Å².